The summed E-state index contributed by atoms with van der Waals surface area (Å²) in [5, 5.41) is 21.6. The Balaban J connectivity index is 1.69. The van der Waals surface area contributed by atoms with Crippen molar-refractivity contribution in [2.45, 2.75) is 25.9 Å². The van der Waals surface area contributed by atoms with Crippen LogP contribution in [0.1, 0.15) is 11.1 Å². The van der Waals surface area contributed by atoms with Gasteiger partial charge in [-0.15, -0.1) is 10.2 Å². The summed E-state index contributed by atoms with van der Waals surface area (Å²) in [5.74, 6) is -1.06. The summed E-state index contributed by atoms with van der Waals surface area (Å²) in [6.45, 7) is 1.80. The quantitative estimate of drug-likeness (QED) is 0.672. The molecule has 28 heavy (non-hydrogen) atoms. The van der Waals surface area contributed by atoms with Gasteiger partial charge in [-0.25, -0.2) is 4.79 Å². The lowest BCUT2D eigenvalue weighted by Crippen LogP contribution is -2.45. The molecular weight excluding hydrogens is 358 g/mol. The van der Waals surface area contributed by atoms with Crippen LogP contribution in [0, 0.1) is 6.92 Å². The van der Waals surface area contributed by atoms with Crippen LogP contribution in [0.15, 0.2) is 54.6 Å². The molecule has 0 saturated carbocycles. The fourth-order valence-corrected chi connectivity index (χ4v) is 2.76. The molecular formula is C20H21N5O3. The van der Waals surface area contributed by atoms with Crippen molar-refractivity contribution in [3.63, 3.8) is 0 Å². The van der Waals surface area contributed by atoms with Gasteiger partial charge in [-0.1, -0.05) is 60.2 Å². The third kappa shape index (κ3) is 4.59. The number of carboxylic acid groups (broad SMARTS) is 1. The lowest BCUT2D eigenvalue weighted by molar-refractivity contribution is -0.149. The minimum Gasteiger partial charge on any atom is -0.480 e. The zero-order valence-corrected chi connectivity index (χ0v) is 15.7. The van der Waals surface area contributed by atoms with Crippen molar-refractivity contribution in [3.8, 4) is 11.4 Å². The van der Waals surface area contributed by atoms with E-state index in [4.69, 9.17) is 0 Å². The zero-order chi connectivity index (χ0) is 20.1. The number of tetrazole rings is 1. The average Bonchev–Trinajstić information content (AvgIpc) is 3.15. The number of carbonyl (C=O) groups excluding carboxylic acids is 1. The van der Waals surface area contributed by atoms with Gasteiger partial charge in [-0.2, -0.15) is 4.80 Å². The van der Waals surface area contributed by atoms with E-state index in [1.165, 1.54) is 16.7 Å². The second-order valence-electron chi connectivity index (χ2n) is 6.56. The smallest absolute Gasteiger partial charge is 0.326 e. The van der Waals surface area contributed by atoms with Gasteiger partial charge in [0.25, 0.3) is 0 Å². The van der Waals surface area contributed by atoms with Gasteiger partial charge in [0.15, 0.2) is 0 Å². The standard InChI is InChI=1S/C20H21N5O3/c1-14-8-10-16(11-9-14)19-21-23-25(22-19)13-18(26)24(2)17(20(27)28)12-15-6-4-3-5-7-15/h3-11,17H,12-13H2,1-2H3,(H,27,28). The Labute approximate surface area is 162 Å². The summed E-state index contributed by atoms with van der Waals surface area (Å²) in [5.41, 5.74) is 2.76. The SMILES string of the molecule is Cc1ccc(-c2nnn(CC(=O)N(C)C(Cc3ccccc3)C(=O)O)n2)cc1. The number of benzene rings is 2. The Morgan fingerprint density at radius 2 is 1.79 bits per heavy atom. The molecule has 144 valence electrons. The van der Waals surface area contributed by atoms with Crippen LogP contribution in [0.5, 0.6) is 0 Å². The molecule has 1 N–H and O–H groups in total. The Bertz CT molecular complexity index is 953. The Morgan fingerprint density at radius 3 is 2.43 bits per heavy atom. The largest absolute Gasteiger partial charge is 0.480 e. The summed E-state index contributed by atoms with van der Waals surface area (Å²) in [6.07, 6.45) is 0.220. The number of rotatable bonds is 7. The molecule has 0 aliphatic heterocycles. The first-order valence-electron chi connectivity index (χ1n) is 8.81. The average molecular weight is 379 g/mol. The monoisotopic (exact) mass is 379 g/mol. The van der Waals surface area contributed by atoms with Crippen LogP contribution in [-0.4, -0.2) is 55.2 Å². The molecule has 3 rings (SSSR count). The predicted molar refractivity (Wildman–Crippen MR) is 102 cm³/mol. The maximum absolute atomic E-state index is 12.6. The molecule has 1 atom stereocenters. The van der Waals surface area contributed by atoms with Crippen molar-refractivity contribution in [2.75, 3.05) is 7.05 Å². The van der Waals surface area contributed by atoms with Gasteiger partial charge < -0.3 is 10.0 Å². The predicted octanol–water partition coefficient (Wildman–Crippen LogP) is 1.80. The normalized spacial score (nSPS) is 11.8. The molecule has 8 heteroatoms. The van der Waals surface area contributed by atoms with Gasteiger partial charge in [0.05, 0.1) is 0 Å². The maximum atomic E-state index is 12.6. The van der Waals surface area contributed by atoms with E-state index >= 15 is 0 Å². The minimum atomic E-state index is -1.06. The molecule has 0 aliphatic carbocycles. The number of aliphatic carboxylic acids is 1. The van der Waals surface area contributed by atoms with Gasteiger partial charge in [0.2, 0.25) is 11.7 Å². The fourth-order valence-electron chi connectivity index (χ4n) is 2.76. The summed E-state index contributed by atoms with van der Waals surface area (Å²) >= 11 is 0. The van der Waals surface area contributed by atoms with Crippen LogP contribution in [0.2, 0.25) is 0 Å². The first kappa shape index (κ1) is 19.2. The zero-order valence-electron chi connectivity index (χ0n) is 15.7. The van der Waals surface area contributed by atoms with E-state index < -0.39 is 17.9 Å². The molecule has 2 aromatic carbocycles. The first-order chi connectivity index (χ1) is 13.4. The van der Waals surface area contributed by atoms with E-state index in [2.05, 4.69) is 15.4 Å². The second kappa shape index (κ2) is 8.43. The molecule has 1 unspecified atom stereocenters. The Hall–Kier alpha value is -3.55. The lowest BCUT2D eigenvalue weighted by Gasteiger charge is -2.24. The molecule has 0 radical (unpaired) electrons. The highest BCUT2D eigenvalue weighted by atomic mass is 16.4. The van der Waals surface area contributed by atoms with Crippen molar-refractivity contribution in [1.29, 1.82) is 0 Å². The van der Waals surface area contributed by atoms with Gasteiger partial charge in [-0.3, -0.25) is 4.79 Å². The van der Waals surface area contributed by atoms with Crippen molar-refractivity contribution in [3.05, 3.63) is 65.7 Å². The number of amides is 1. The van der Waals surface area contributed by atoms with E-state index in [9.17, 15) is 14.7 Å². The topological polar surface area (TPSA) is 101 Å². The molecule has 1 aromatic heterocycles. The number of carboxylic acids is 1. The highest BCUT2D eigenvalue weighted by Crippen LogP contribution is 2.14. The van der Waals surface area contributed by atoms with Crippen LogP contribution < -0.4 is 0 Å². The van der Waals surface area contributed by atoms with Crippen molar-refractivity contribution in [2.24, 2.45) is 0 Å². The van der Waals surface area contributed by atoms with Crippen molar-refractivity contribution >= 4 is 11.9 Å². The number of hydrogen-bond donors (Lipinski definition) is 1. The Morgan fingerprint density at radius 1 is 1.11 bits per heavy atom. The Kier molecular flexibility index (Phi) is 5.78. The summed E-state index contributed by atoms with van der Waals surface area (Å²) in [6, 6.07) is 15.9. The number of hydrogen-bond acceptors (Lipinski definition) is 5. The molecule has 1 heterocycles. The minimum absolute atomic E-state index is 0.187. The summed E-state index contributed by atoms with van der Waals surface area (Å²) < 4.78 is 0. The first-order valence-corrected chi connectivity index (χ1v) is 8.81. The number of nitrogens with zero attached hydrogens (tertiary/aromatic N) is 5. The van der Waals surface area contributed by atoms with Gasteiger partial charge >= 0.3 is 5.97 Å². The van der Waals surface area contributed by atoms with Crippen LogP contribution in [0.4, 0.5) is 0 Å². The van der Waals surface area contributed by atoms with Gasteiger partial charge in [-0.05, 0) is 17.7 Å². The fraction of sp³-hybridized carbons (Fsp3) is 0.250. The molecule has 0 fully saturated rings. The maximum Gasteiger partial charge on any atom is 0.326 e. The van der Waals surface area contributed by atoms with Crippen LogP contribution >= 0.6 is 0 Å². The van der Waals surface area contributed by atoms with Crippen LogP contribution in [-0.2, 0) is 22.6 Å². The third-order valence-electron chi connectivity index (χ3n) is 4.46. The van der Waals surface area contributed by atoms with E-state index in [0.717, 1.165) is 16.7 Å². The van der Waals surface area contributed by atoms with E-state index in [1.54, 1.807) is 0 Å². The third-order valence-corrected chi connectivity index (χ3v) is 4.46. The molecule has 0 spiro atoms. The van der Waals surface area contributed by atoms with Crippen LogP contribution in [0.3, 0.4) is 0 Å². The highest BCUT2D eigenvalue weighted by molar-refractivity contribution is 5.83. The lowest BCUT2D eigenvalue weighted by atomic mass is 10.1. The van der Waals surface area contributed by atoms with E-state index in [1.807, 2.05) is 61.5 Å². The van der Waals surface area contributed by atoms with Gasteiger partial charge in [0.1, 0.15) is 12.6 Å². The number of carbonyl (C=O) groups is 2. The number of aryl methyl sites for hydroxylation is 1. The molecule has 1 amide bonds. The molecule has 0 saturated heterocycles. The second-order valence-corrected chi connectivity index (χ2v) is 6.56. The van der Waals surface area contributed by atoms with Gasteiger partial charge in [0, 0.05) is 19.0 Å². The molecule has 0 aliphatic rings. The molecule has 8 nitrogen and oxygen atoms in total. The van der Waals surface area contributed by atoms with Crippen molar-refractivity contribution in [1.82, 2.24) is 25.1 Å². The number of aromatic nitrogens is 4. The summed E-state index contributed by atoms with van der Waals surface area (Å²) in [4.78, 5) is 26.6. The molecule has 3 aromatic rings. The van der Waals surface area contributed by atoms with Crippen molar-refractivity contribution < 1.29 is 14.7 Å². The highest BCUT2D eigenvalue weighted by Gasteiger charge is 2.27. The summed E-state index contributed by atoms with van der Waals surface area (Å²) in [7, 11) is 1.47. The number of likely N-dealkylation sites (N-methyl/N-ethyl adjacent to an activating group) is 1. The van der Waals surface area contributed by atoms with E-state index in [-0.39, 0.29) is 13.0 Å². The van der Waals surface area contributed by atoms with E-state index in [0.29, 0.717) is 5.82 Å². The molecule has 0 bridgehead atoms. The van der Waals surface area contributed by atoms with Crippen LogP contribution in [0.25, 0.3) is 11.4 Å².